The average Bonchev–Trinajstić information content (AvgIpc) is 3.46. The number of carbonyl (C=O) groups is 4. The Balaban J connectivity index is 0.000000279. The van der Waals surface area contributed by atoms with Gasteiger partial charge in [0.1, 0.15) is 11.2 Å². The van der Waals surface area contributed by atoms with Gasteiger partial charge in [-0.25, -0.2) is 4.79 Å². The smallest absolute Gasteiger partial charge is 0.389 e. The summed E-state index contributed by atoms with van der Waals surface area (Å²) in [6.45, 7) is 21.0. The van der Waals surface area contributed by atoms with Crippen LogP contribution in [0, 0.1) is 28.1 Å². The van der Waals surface area contributed by atoms with Crippen LogP contribution in [0.25, 0.3) is 0 Å². The van der Waals surface area contributed by atoms with E-state index in [9.17, 15) is 37.5 Å². The molecule has 1 aliphatic heterocycles. The number of halogens is 3. The van der Waals surface area contributed by atoms with Crippen LogP contribution in [0.15, 0.2) is 0 Å². The molecule has 0 aromatic rings. The fraction of sp³-hybridized carbons (Fsp3) is 0.902. The fourth-order valence-corrected chi connectivity index (χ4v) is 7.64. The maximum atomic E-state index is 12.4. The maximum Gasteiger partial charge on any atom is 0.389 e. The van der Waals surface area contributed by atoms with Crippen molar-refractivity contribution < 1.29 is 56.4 Å². The van der Waals surface area contributed by atoms with Gasteiger partial charge in [0.25, 0.3) is 0 Å². The molecule has 5 fully saturated rings. The van der Waals surface area contributed by atoms with Crippen molar-refractivity contribution in [2.45, 2.75) is 202 Å². The highest BCUT2D eigenvalue weighted by Gasteiger charge is 2.59. The van der Waals surface area contributed by atoms with E-state index >= 15 is 0 Å². The number of ether oxygens (including phenoxy) is 4. The zero-order valence-corrected chi connectivity index (χ0v) is 34.4. The van der Waals surface area contributed by atoms with Crippen molar-refractivity contribution >= 4 is 23.9 Å². The van der Waals surface area contributed by atoms with Gasteiger partial charge in [-0.3, -0.25) is 14.4 Å². The van der Waals surface area contributed by atoms with Crippen molar-refractivity contribution in [2.75, 3.05) is 6.61 Å². The Labute approximate surface area is 316 Å². The van der Waals surface area contributed by atoms with Gasteiger partial charge in [-0.05, 0) is 130 Å². The summed E-state index contributed by atoms with van der Waals surface area (Å²) < 4.78 is 58.0. The third-order valence-corrected chi connectivity index (χ3v) is 12.4. The number of aliphatic hydroxyl groups is 1. The van der Waals surface area contributed by atoms with E-state index in [1.165, 1.54) is 6.42 Å². The standard InChI is InChI=1S/C16H26O3.C15H27F3O2.C10H16O4/c1-4-14(2,3)13(17)19-16-8-11-5-12(9-16)7-15(18,6-11)10-16;1-6-13(4,5)12(19)20-14(7-2,8-3)10-9-11-15(16,17)18;1-4-10(2,3)9(12)14-7-5-6-13-8(7)11/h11-12,18H,4-10H2,1-3H3;6-11H2,1-5H3;7H,4-6H2,1-3H3. The Bertz CT molecular complexity index is 1240. The second-order valence-electron chi connectivity index (χ2n) is 18.1. The number of rotatable bonds is 14. The third kappa shape index (κ3) is 13.1. The molecule has 12 heteroatoms. The van der Waals surface area contributed by atoms with E-state index in [1.807, 2.05) is 48.5 Å². The van der Waals surface area contributed by atoms with Gasteiger partial charge in [0.05, 0.1) is 28.5 Å². The van der Waals surface area contributed by atoms with Crippen LogP contribution in [0.3, 0.4) is 0 Å². The molecule has 0 amide bonds. The Hall–Kier alpha value is -2.37. The summed E-state index contributed by atoms with van der Waals surface area (Å²) in [5.74, 6) is -0.0436. The highest BCUT2D eigenvalue weighted by Crippen LogP contribution is 2.59. The molecule has 4 aliphatic carbocycles. The second-order valence-corrected chi connectivity index (χ2v) is 18.1. The molecule has 3 atom stereocenters. The number of esters is 4. The van der Waals surface area contributed by atoms with Gasteiger partial charge in [0.15, 0.2) is 0 Å². The van der Waals surface area contributed by atoms with E-state index in [0.29, 0.717) is 57.0 Å². The highest BCUT2D eigenvalue weighted by atomic mass is 19.4. The lowest BCUT2D eigenvalue weighted by Crippen LogP contribution is -2.61. The molecule has 0 aromatic heterocycles. The van der Waals surface area contributed by atoms with Crippen LogP contribution in [0.2, 0.25) is 0 Å². The molecule has 5 aliphatic rings. The molecule has 3 unspecified atom stereocenters. The molecule has 9 nitrogen and oxygen atoms in total. The largest absolute Gasteiger partial charge is 0.463 e. The minimum absolute atomic E-state index is 0.00892. The molecular weight excluding hydrogens is 693 g/mol. The quantitative estimate of drug-likeness (QED) is 0.136. The van der Waals surface area contributed by atoms with Gasteiger partial charge in [0, 0.05) is 19.3 Å². The lowest BCUT2D eigenvalue weighted by Gasteiger charge is -2.59. The first-order chi connectivity index (χ1) is 24.2. The van der Waals surface area contributed by atoms with Crippen LogP contribution >= 0.6 is 0 Å². The van der Waals surface area contributed by atoms with Crippen molar-refractivity contribution in [3.8, 4) is 0 Å². The monoisotopic (exact) mass is 762 g/mol. The van der Waals surface area contributed by atoms with Crippen LogP contribution in [0.1, 0.15) is 172 Å². The van der Waals surface area contributed by atoms with Gasteiger partial charge in [0.2, 0.25) is 6.10 Å². The summed E-state index contributed by atoms with van der Waals surface area (Å²) >= 11 is 0. The predicted octanol–water partition coefficient (Wildman–Crippen LogP) is 9.59. The molecule has 0 radical (unpaired) electrons. The summed E-state index contributed by atoms with van der Waals surface area (Å²) in [5.41, 5.74) is -3.22. The van der Waals surface area contributed by atoms with E-state index < -0.39 is 52.1 Å². The predicted molar refractivity (Wildman–Crippen MR) is 195 cm³/mol. The van der Waals surface area contributed by atoms with E-state index in [4.69, 9.17) is 18.9 Å². The first-order valence-corrected chi connectivity index (χ1v) is 19.9. The summed E-state index contributed by atoms with van der Waals surface area (Å²) in [5, 5.41) is 10.6. The zero-order valence-electron chi connectivity index (χ0n) is 34.4. The summed E-state index contributed by atoms with van der Waals surface area (Å²) in [7, 11) is 0. The van der Waals surface area contributed by atoms with E-state index in [1.54, 1.807) is 27.7 Å². The molecule has 4 saturated carbocycles. The van der Waals surface area contributed by atoms with E-state index in [-0.39, 0.29) is 36.4 Å². The Morgan fingerprint density at radius 3 is 1.66 bits per heavy atom. The van der Waals surface area contributed by atoms with Crippen molar-refractivity contribution in [3.05, 3.63) is 0 Å². The molecule has 1 saturated heterocycles. The van der Waals surface area contributed by atoms with Crippen molar-refractivity contribution in [1.82, 2.24) is 0 Å². The van der Waals surface area contributed by atoms with Crippen LogP contribution in [0.5, 0.6) is 0 Å². The molecule has 4 bridgehead atoms. The van der Waals surface area contributed by atoms with Crippen molar-refractivity contribution in [2.24, 2.45) is 28.1 Å². The Morgan fingerprint density at radius 2 is 1.25 bits per heavy atom. The van der Waals surface area contributed by atoms with Gasteiger partial charge in [-0.2, -0.15) is 13.2 Å². The molecule has 0 spiro atoms. The van der Waals surface area contributed by atoms with E-state index in [2.05, 4.69) is 0 Å². The normalized spacial score (nSPS) is 26.8. The zero-order chi connectivity index (χ0) is 40.7. The minimum Gasteiger partial charge on any atom is -0.463 e. The average molecular weight is 763 g/mol. The highest BCUT2D eigenvalue weighted by molar-refractivity contribution is 5.82. The number of alkyl halides is 3. The topological polar surface area (TPSA) is 125 Å². The summed E-state index contributed by atoms with van der Waals surface area (Å²) in [4.78, 5) is 47.1. The van der Waals surface area contributed by atoms with Crippen LogP contribution in [0.4, 0.5) is 13.2 Å². The number of cyclic esters (lactones) is 1. The fourth-order valence-electron chi connectivity index (χ4n) is 7.64. The first-order valence-electron chi connectivity index (χ1n) is 19.9. The van der Waals surface area contributed by atoms with Gasteiger partial charge in [-0.1, -0.05) is 34.6 Å². The molecule has 53 heavy (non-hydrogen) atoms. The van der Waals surface area contributed by atoms with Gasteiger partial charge < -0.3 is 24.1 Å². The SMILES string of the molecule is CCC(C)(C)C(=O)OC12CC3CC(CC(O)(C3)C1)C2.CCC(C)(C)C(=O)OC1CCOC1=O.CCC(CC)(CCCC(F)(F)F)OC(=O)C(C)(C)CC. The Morgan fingerprint density at radius 1 is 0.755 bits per heavy atom. The third-order valence-electron chi connectivity index (χ3n) is 12.4. The van der Waals surface area contributed by atoms with Crippen LogP contribution < -0.4 is 0 Å². The molecular formula is C41H69F3O9. The minimum atomic E-state index is -4.15. The first kappa shape index (κ1) is 46.8. The molecule has 5 rings (SSSR count). The number of hydrogen-bond acceptors (Lipinski definition) is 9. The summed E-state index contributed by atoms with van der Waals surface area (Å²) in [6.07, 6.45) is 3.90. The van der Waals surface area contributed by atoms with Gasteiger partial charge in [-0.15, -0.1) is 0 Å². The lowest BCUT2D eigenvalue weighted by molar-refractivity contribution is -0.225. The number of carbonyl (C=O) groups excluding carboxylic acids is 4. The van der Waals surface area contributed by atoms with Crippen LogP contribution in [-0.2, 0) is 38.1 Å². The Kier molecular flexibility index (Phi) is 15.9. The van der Waals surface area contributed by atoms with Crippen LogP contribution in [-0.4, -0.2) is 64.7 Å². The lowest BCUT2D eigenvalue weighted by atomic mass is 9.52. The molecule has 1 heterocycles. The second kappa shape index (κ2) is 18.1. The van der Waals surface area contributed by atoms with Crippen molar-refractivity contribution in [1.29, 1.82) is 0 Å². The number of hydrogen-bond donors (Lipinski definition) is 1. The maximum absolute atomic E-state index is 12.4. The molecule has 1 N–H and O–H groups in total. The van der Waals surface area contributed by atoms with Crippen molar-refractivity contribution in [3.63, 3.8) is 0 Å². The van der Waals surface area contributed by atoms with E-state index in [0.717, 1.165) is 32.1 Å². The summed E-state index contributed by atoms with van der Waals surface area (Å²) in [6, 6.07) is 0. The molecule has 308 valence electrons. The molecule has 0 aromatic carbocycles. The van der Waals surface area contributed by atoms with Gasteiger partial charge >= 0.3 is 30.1 Å².